The molecule has 0 fully saturated rings. The summed E-state index contributed by atoms with van der Waals surface area (Å²) in [5, 5.41) is 0. The summed E-state index contributed by atoms with van der Waals surface area (Å²) in [5.41, 5.74) is 1.16. The highest BCUT2D eigenvalue weighted by Gasteiger charge is 1.96. The summed E-state index contributed by atoms with van der Waals surface area (Å²) < 4.78 is 6.02. The summed E-state index contributed by atoms with van der Waals surface area (Å²) in [4.78, 5) is 6.75. The number of aryl methyl sites for hydroxylation is 1. The molecule has 1 N–H and O–H groups in total. The molecule has 0 aliphatic rings. The quantitative estimate of drug-likeness (QED) is 0.786. The molecular formula is C11H10N2OS. The normalized spacial score (nSPS) is 9.93. The van der Waals surface area contributed by atoms with Crippen LogP contribution in [0.2, 0.25) is 0 Å². The average Bonchev–Trinajstić information content (AvgIpc) is 2.22. The van der Waals surface area contributed by atoms with E-state index in [2.05, 4.69) is 9.97 Å². The number of hydrogen-bond acceptors (Lipinski definition) is 3. The molecular weight excluding hydrogens is 208 g/mol. The van der Waals surface area contributed by atoms with Crippen LogP contribution in [0.15, 0.2) is 36.7 Å². The number of hydrogen-bond donors (Lipinski definition) is 1. The first-order valence-corrected chi connectivity index (χ1v) is 4.94. The molecule has 0 amide bonds. The molecule has 15 heavy (non-hydrogen) atoms. The van der Waals surface area contributed by atoms with Crippen molar-refractivity contribution in [2.45, 2.75) is 6.92 Å². The maximum atomic E-state index is 5.57. The Labute approximate surface area is 92.8 Å². The summed E-state index contributed by atoms with van der Waals surface area (Å²) in [5.74, 6) is 1.44. The molecule has 0 radical (unpaired) electrons. The molecule has 4 heteroatoms. The highest BCUT2D eigenvalue weighted by Crippen LogP contribution is 2.19. The van der Waals surface area contributed by atoms with Gasteiger partial charge in [0.1, 0.15) is 5.75 Å². The molecule has 0 spiro atoms. The third-order valence-corrected chi connectivity index (χ3v) is 2.10. The first-order valence-electron chi connectivity index (χ1n) is 4.53. The summed E-state index contributed by atoms with van der Waals surface area (Å²) >= 11 is 4.83. The third-order valence-electron chi connectivity index (χ3n) is 1.87. The van der Waals surface area contributed by atoms with Crippen LogP contribution in [-0.2, 0) is 0 Å². The molecule has 1 aromatic heterocycles. The second-order valence-electron chi connectivity index (χ2n) is 3.17. The Morgan fingerprint density at radius 3 is 2.87 bits per heavy atom. The lowest BCUT2D eigenvalue weighted by Gasteiger charge is -2.04. The Morgan fingerprint density at radius 1 is 1.33 bits per heavy atom. The fourth-order valence-corrected chi connectivity index (χ4v) is 1.31. The van der Waals surface area contributed by atoms with Crippen molar-refractivity contribution in [3.63, 3.8) is 0 Å². The number of benzene rings is 1. The molecule has 0 atom stereocenters. The molecule has 0 aliphatic heterocycles. The highest BCUT2D eigenvalue weighted by atomic mass is 32.1. The van der Waals surface area contributed by atoms with Crippen LogP contribution >= 0.6 is 12.2 Å². The van der Waals surface area contributed by atoms with Crippen molar-refractivity contribution in [1.29, 1.82) is 0 Å². The van der Waals surface area contributed by atoms with Crippen LogP contribution in [0.4, 0.5) is 0 Å². The summed E-state index contributed by atoms with van der Waals surface area (Å²) in [6, 6.07) is 7.82. The standard InChI is InChI=1S/C11H10N2OS/c1-8-3-2-4-9(5-8)14-10-6-12-11(15)13-7-10/h2-7H,1H3,(H,12,13,15). The van der Waals surface area contributed by atoms with E-state index in [1.807, 2.05) is 31.2 Å². The summed E-state index contributed by atoms with van der Waals surface area (Å²) in [6.45, 7) is 2.02. The minimum absolute atomic E-state index is 0.451. The van der Waals surface area contributed by atoms with Crippen LogP contribution < -0.4 is 4.74 Å². The van der Waals surface area contributed by atoms with E-state index in [4.69, 9.17) is 17.0 Å². The zero-order valence-electron chi connectivity index (χ0n) is 8.23. The molecule has 0 saturated heterocycles. The van der Waals surface area contributed by atoms with Crippen molar-refractivity contribution in [2.75, 3.05) is 0 Å². The molecule has 0 aliphatic carbocycles. The van der Waals surface area contributed by atoms with Crippen molar-refractivity contribution >= 4 is 12.2 Å². The van der Waals surface area contributed by atoms with Gasteiger partial charge in [-0.25, -0.2) is 4.98 Å². The van der Waals surface area contributed by atoms with E-state index >= 15 is 0 Å². The Hall–Kier alpha value is -1.68. The smallest absolute Gasteiger partial charge is 0.196 e. The minimum atomic E-state index is 0.451. The molecule has 0 bridgehead atoms. The molecule has 1 heterocycles. The number of nitrogens with zero attached hydrogens (tertiary/aromatic N) is 1. The number of ether oxygens (including phenoxy) is 1. The largest absolute Gasteiger partial charge is 0.454 e. The van der Waals surface area contributed by atoms with Gasteiger partial charge >= 0.3 is 0 Å². The third kappa shape index (κ3) is 2.63. The minimum Gasteiger partial charge on any atom is -0.454 e. The van der Waals surface area contributed by atoms with Gasteiger partial charge in [-0.3, -0.25) is 0 Å². The lowest BCUT2D eigenvalue weighted by Crippen LogP contribution is -1.87. The van der Waals surface area contributed by atoms with Crippen molar-refractivity contribution in [3.05, 3.63) is 47.0 Å². The van der Waals surface area contributed by atoms with Gasteiger partial charge in [-0.1, -0.05) is 12.1 Å². The maximum absolute atomic E-state index is 5.57. The van der Waals surface area contributed by atoms with Gasteiger partial charge in [-0.15, -0.1) is 0 Å². The highest BCUT2D eigenvalue weighted by molar-refractivity contribution is 7.71. The van der Waals surface area contributed by atoms with Gasteiger partial charge in [0.05, 0.1) is 6.20 Å². The van der Waals surface area contributed by atoms with E-state index in [9.17, 15) is 0 Å². The van der Waals surface area contributed by atoms with Crippen LogP contribution in [0.25, 0.3) is 0 Å². The molecule has 0 unspecified atom stereocenters. The van der Waals surface area contributed by atoms with Crippen LogP contribution in [0.5, 0.6) is 11.5 Å². The monoisotopic (exact) mass is 218 g/mol. The number of nitrogens with one attached hydrogen (secondary N) is 1. The summed E-state index contributed by atoms with van der Waals surface area (Å²) in [7, 11) is 0. The Kier molecular flexibility index (Phi) is 2.78. The fourth-order valence-electron chi connectivity index (χ4n) is 1.20. The van der Waals surface area contributed by atoms with Gasteiger partial charge in [-0.05, 0) is 36.8 Å². The van der Waals surface area contributed by atoms with Gasteiger partial charge < -0.3 is 9.72 Å². The Balaban J connectivity index is 2.22. The first kappa shape index (κ1) is 9.86. The van der Waals surface area contributed by atoms with Crippen molar-refractivity contribution < 1.29 is 4.74 Å². The van der Waals surface area contributed by atoms with Gasteiger partial charge in [0, 0.05) is 6.20 Å². The van der Waals surface area contributed by atoms with E-state index in [1.54, 1.807) is 12.4 Å². The van der Waals surface area contributed by atoms with Gasteiger partial charge in [-0.2, -0.15) is 0 Å². The van der Waals surface area contributed by atoms with E-state index in [1.165, 1.54) is 0 Å². The SMILES string of the molecule is Cc1cccc(Oc2cnc(=S)[nH]c2)c1. The second-order valence-corrected chi connectivity index (χ2v) is 3.56. The molecule has 0 saturated carbocycles. The van der Waals surface area contributed by atoms with E-state index in [0.717, 1.165) is 11.3 Å². The predicted molar refractivity (Wildman–Crippen MR) is 60.7 cm³/mol. The molecule has 2 aromatic rings. The van der Waals surface area contributed by atoms with E-state index in [-0.39, 0.29) is 0 Å². The molecule has 76 valence electrons. The topological polar surface area (TPSA) is 37.9 Å². The first-order chi connectivity index (χ1) is 7.24. The lowest BCUT2D eigenvalue weighted by molar-refractivity contribution is 0.476. The Bertz CT molecular complexity index is 501. The van der Waals surface area contributed by atoms with Crippen molar-refractivity contribution in [1.82, 2.24) is 9.97 Å². The zero-order valence-corrected chi connectivity index (χ0v) is 9.04. The average molecular weight is 218 g/mol. The lowest BCUT2D eigenvalue weighted by atomic mass is 10.2. The number of H-pyrrole nitrogens is 1. The van der Waals surface area contributed by atoms with Gasteiger partial charge in [0.15, 0.2) is 10.5 Å². The zero-order chi connectivity index (χ0) is 10.7. The van der Waals surface area contributed by atoms with Crippen molar-refractivity contribution in [3.8, 4) is 11.5 Å². The maximum Gasteiger partial charge on any atom is 0.196 e. The summed E-state index contributed by atoms with van der Waals surface area (Å²) in [6.07, 6.45) is 3.29. The molecule has 3 nitrogen and oxygen atoms in total. The number of aromatic nitrogens is 2. The van der Waals surface area contributed by atoms with Crippen LogP contribution in [-0.4, -0.2) is 9.97 Å². The van der Waals surface area contributed by atoms with Crippen LogP contribution in [0.3, 0.4) is 0 Å². The fraction of sp³-hybridized carbons (Fsp3) is 0.0909. The van der Waals surface area contributed by atoms with Crippen LogP contribution in [0, 0.1) is 11.7 Å². The molecule has 1 aromatic carbocycles. The molecule has 2 rings (SSSR count). The van der Waals surface area contributed by atoms with Gasteiger partial charge in [0.2, 0.25) is 0 Å². The van der Waals surface area contributed by atoms with Crippen molar-refractivity contribution in [2.24, 2.45) is 0 Å². The van der Waals surface area contributed by atoms with E-state index < -0.39 is 0 Å². The second kappa shape index (κ2) is 4.23. The van der Waals surface area contributed by atoms with Crippen LogP contribution in [0.1, 0.15) is 5.56 Å². The van der Waals surface area contributed by atoms with Gasteiger partial charge in [0.25, 0.3) is 0 Å². The Morgan fingerprint density at radius 2 is 2.20 bits per heavy atom. The predicted octanol–water partition coefficient (Wildman–Crippen LogP) is 3.24. The number of rotatable bonds is 2. The van der Waals surface area contributed by atoms with E-state index in [0.29, 0.717) is 10.5 Å². The number of aromatic amines is 1.